The third-order valence-electron chi connectivity index (χ3n) is 2.48. The highest BCUT2D eigenvalue weighted by molar-refractivity contribution is 4.94. The molecule has 0 aliphatic rings. The maximum Gasteiger partial charge on any atom is 0.0922 e. The lowest BCUT2D eigenvalue weighted by molar-refractivity contribution is 0.287. The fraction of sp³-hybridized carbons (Fsp3) is 0.727. The summed E-state index contributed by atoms with van der Waals surface area (Å²) in [6, 6.07) is 0.517. The van der Waals surface area contributed by atoms with Crippen molar-refractivity contribution in [2.45, 2.75) is 26.4 Å². The minimum atomic E-state index is 0.517. The third-order valence-corrected chi connectivity index (χ3v) is 2.48. The maximum absolute atomic E-state index is 4.00. The Bertz CT molecular complexity index is 254. The van der Waals surface area contributed by atoms with E-state index in [1.807, 2.05) is 6.20 Å². The number of rotatable bonds is 6. The van der Waals surface area contributed by atoms with Crippen LogP contribution in [0.25, 0.3) is 0 Å². The molecule has 4 heteroatoms. The largest absolute Gasteiger partial charge is 0.347 e. The summed E-state index contributed by atoms with van der Waals surface area (Å²) in [5, 5.41) is 3.54. The highest BCUT2D eigenvalue weighted by Crippen LogP contribution is 2.03. The number of hydrogen-bond donors (Lipinski definition) is 2. The van der Waals surface area contributed by atoms with E-state index in [0.29, 0.717) is 12.0 Å². The zero-order valence-corrected chi connectivity index (χ0v) is 10.1. The first-order chi connectivity index (χ1) is 7.09. The van der Waals surface area contributed by atoms with E-state index in [1.165, 1.54) is 0 Å². The maximum atomic E-state index is 4.00. The summed E-state index contributed by atoms with van der Waals surface area (Å²) in [5.74, 6) is 0.635. The van der Waals surface area contributed by atoms with Crippen LogP contribution >= 0.6 is 0 Å². The monoisotopic (exact) mass is 210 g/mol. The van der Waals surface area contributed by atoms with Gasteiger partial charge >= 0.3 is 0 Å². The van der Waals surface area contributed by atoms with Gasteiger partial charge in [0.05, 0.1) is 6.33 Å². The van der Waals surface area contributed by atoms with Crippen LogP contribution < -0.4 is 5.32 Å². The highest BCUT2D eigenvalue weighted by Gasteiger charge is 2.13. The first-order valence-corrected chi connectivity index (χ1v) is 5.45. The zero-order chi connectivity index (χ0) is 11.3. The molecule has 1 heterocycles. The van der Waals surface area contributed by atoms with Gasteiger partial charge in [-0.25, -0.2) is 4.98 Å². The van der Waals surface area contributed by atoms with Crippen molar-refractivity contribution in [3.63, 3.8) is 0 Å². The van der Waals surface area contributed by atoms with Crippen LogP contribution in [-0.2, 0) is 6.54 Å². The first kappa shape index (κ1) is 12.2. The van der Waals surface area contributed by atoms with Gasteiger partial charge in [0, 0.05) is 31.0 Å². The Balaban J connectivity index is 2.38. The van der Waals surface area contributed by atoms with Gasteiger partial charge in [-0.2, -0.15) is 0 Å². The van der Waals surface area contributed by atoms with Crippen LogP contribution in [0.5, 0.6) is 0 Å². The molecule has 86 valence electrons. The van der Waals surface area contributed by atoms with E-state index in [2.05, 4.69) is 48.1 Å². The van der Waals surface area contributed by atoms with E-state index >= 15 is 0 Å². The van der Waals surface area contributed by atoms with Gasteiger partial charge in [0.15, 0.2) is 0 Å². The Morgan fingerprint density at radius 3 is 2.67 bits per heavy atom. The molecule has 0 saturated carbocycles. The van der Waals surface area contributed by atoms with Crippen LogP contribution in [0.1, 0.15) is 19.5 Å². The summed E-state index contributed by atoms with van der Waals surface area (Å²) in [7, 11) is 4.21. The molecule has 1 rings (SSSR count). The number of likely N-dealkylation sites (N-methyl/N-ethyl adjacent to an activating group) is 1. The van der Waals surface area contributed by atoms with Gasteiger partial charge in [0.25, 0.3) is 0 Å². The Morgan fingerprint density at radius 1 is 1.47 bits per heavy atom. The lowest BCUT2D eigenvalue weighted by Gasteiger charge is -2.25. The number of H-pyrrole nitrogens is 1. The molecule has 0 fully saturated rings. The molecule has 0 amide bonds. The SMILES string of the molecule is CC(C)C(CN(C)C)NCc1cnc[nH]1. The molecule has 1 unspecified atom stereocenters. The summed E-state index contributed by atoms with van der Waals surface area (Å²) in [5.41, 5.74) is 1.14. The lowest BCUT2D eigenvalue weighted by Crippen LogP contribution is -2.41. The van der Waals surface area contributed by atoms with Crippen molar-refractivity contribution in [2.75, 3.05) is 20.6 Å². The lowest BCUT2D eigenvalue weighted by atomic mass is 10.0. The van der Waals surface area contributed by atoms with Gasteiger partial charge in [-0.05, 0) is 20.0 Å². The molecule has 0 aromatic carbocycles. The number of nitrogens with zero attached hydrogens (tertiary/aromatic N) is 2. The van der Waals surface area contributed by atoms with Crippen LogP contribution in [0.3, 0.4) is 0 Å². The summed E-state index contributed by atoms with van der Waals surface area (Å²) in [6.45, 7) is 6.41. The van der Waals surface area contributed by atoms with Crippen molar-refractivity contribution in [3.05, 3.63) is 18.2 Å². The second kappa shape index (κ2) is 5.88. The number of imidazole rings is 1. The Hall–Kier alpha value is -0.870. The quantitative estimate of drug-likeness (QED) is 0.738. The fourth-order valence-corrected chi connectivity index (χ4v) is 1.53. The van der Waals surface area contributed by atoms with Crippen LogP contribution in [0, 0.1) is 5.92 Å². The van der Waals surface area contributed by atoms with Gasteiger partial charge in [-0.3, -0.25) is 0 Å². The number of aromatic amines is 1. The molecule has 15 heavy (non-hydrogen) atoms. The minimum absolute atomic E-state index is 0.517. The van der Waals surface area contributed by atoms with E-state index in [1.54, 1.807) is 6.33 Å². The number of nitrogens with one attached hydrogen (secondary N) is 2. The van der Waals surface area contributed by atoms with Crippen molar-refractivity contribution in [2.24, 2.45) is 5.92 Å². The summed E-state index contributed by atoms with van der Waals surface area (Å²) < 4.78 is 0. The van der Waals surface area contributed by atoms with Gasteiger partial charge in [-0.15, -0.1) is 0 Å². The highest BCUT2D eigenvalue weighted by atomic mass is 15.1. The smallest absolute Gasteiger partial charge is 0.0922 e. The van der Waals surface area contributed by atoms with Crippen LogP contribution in [0.2, 0.25) is 0 Å². The molecule has 1 atom stereocenters. The second-order valence-corrected chi connectivity index (χ2v) is 4.57. The van der Waals surface area contributed by atoms with E-state index in [4.69, 9.17) is 0 Å². The molecule has 0 radical (unpaired) electrons. The van der Waals surface area contributed by atoms with Crippen molar-refractivity contribution in [3.8, 4) is 0 Å². The van der Waals surface area contributed by atoms with Crippen LogP contribution in [0.15, 0.2) is 12.5 Å². The summed E-state index contributed by atoms with van der Waals surface area (Å²) in [6.07, 6.45) is 3.58. The fourth-order valence-electron chi connectivity index (χ4n) is 1.53. The zero-order valence-electron chi connectivity index (χ0n) is 10.1. The summed E-state index contributed by atoms with van der Waals surface area (Å²) >= 11 is 0. The third kappa shape index (κ3) is 4.44. The molecular weight excluding hydrogens is 188 g/mol. The van der Waals surface area contributed by atoms with Crippen LogP contribution in [0.4, 0.5) is 0 Å². The van der Waals surface area contributed by atoms with E-state index < -0.39 is 0 Å². The first-order valence-electron chi connectivity index (χ1n) is 5.45. The molecule has 0 saturated heterocycles. The van der Waals surface area contributed by atoms with Crippen molar-refractivity contribution in [1.82, 2.24) is 20.2 Å². The molecule has 0 aliphatic carbocycles. The van der Waals surface area contributed by atoms with Gasteiger partial charge < -0.3 is 15.2 Å². The van der Waals surface area contributed by atoms with E-state index in [9.17, 15) is 0 Å². The molecule has 0 aliphatic heterocycles. The topological polar surface area (TPSA) is 44.0 Å². The average molecular weight is 210 g/mol. The average Bonchev–Trinajstić information content (AvgIpc) is 2.63. The molecule has 0 spiro atoms. The number of aromatic nitrogens is 2. The molecule has 0 bridgehead atoms. The van der Waals surface area contributed by atoms with Gasteiger partial charge in [0.2, 0.25) is 0 Å². The predicted octanol–water partition coefficient (Wildman–Crippen LogP) is 1.09. The van der Waals surface area contributed by atoms with E-state index in [0.717, 1.165) is 18.8 Å². The van der Waals surface area contributed by atoms with Crippen molar-refractivity contribution in [1.29, 1.82) is 0 Å². The Labute approximate surface area is 92.1 Å². The van der Waals surface area contributed by atoms with Crippen molar-refractivity contribution < 1.29 is 0 Å². The Kier molecular flexibility index (Phi) is 4.78. The molecule has 1 aromatic rings. The van der Waals surface area contributed by atoms with Gasteiger partial charge in [0.1, 0.15) is 0 Å². The second-order valence-electron chi connectivity index (χ2n) is 4.57. The molecule has 2 N–H and O–H groups in total. The Morgan fingerprint density at radius 2 is 2.20 bits per heavy atom. The van der Waals surface area contributed by atoms with Crippen LogP contribution in [-0.4, -0.2) is 41.5 Å². The normalized spacial score (nSPS) is 13.7. The van der Waals surface area contributed by atoms with E-state index in [-0.39, 0.29) is 0 Å². The van der Waals surface area contributed by atoms with Gasteiger partial charge in [-0.1, -0.05) is 13.8 Å². The van der Waals surface area contributed by atoms with Crippen molar-refractivity contribution >= 4 is 0 Å². The minimum Gasteiger partial charge on any atom is -0.347 e. The molecule has 1 aromatic heterocycles. The predicted molar refractivity (Wildman–Crippen MR) is 62.6 cm³/mol. The standard InChI is InChI=1S/C11H22N4/c1-9(2)11(7-15(3)4)13-6-10-5-12-8-14-10/h5,8-9,11,13H,6-7H2,1-4H3,(H,12,14). The molecular formula is C11H22N4. The summed E-state index contributed by atoms with van der Waals surface area (Å²) in [4.78, 5) is 9.31. The molecule has 4 nitrogen and oxygen atoms in total. The number of hydrogen-bond acceptors (Lipinski definition) is 3.